The van der Waals surface area contributed by atoms with Crippen molar-refractivity contribution in [2.45, 2.75) is 277 Å². The Morgan fingerprint density at radius 3 is 0.914 bits per heavy atom. The van der Waals surface area contributed by atoms with Gasteiger partial charge in [-0.05, 0) is 64.2 Å². The highest BCUT2D eigenvalue weighted by Gasteiger charge is 2.19. The van der Waals surface area contributed by atoms with Crippen LogP contribution in [0.3, 0.4) is 0 Å². The quantitative estimate of drug-likeness (QED) is 0.0263. The van der Waals surface area contributed by atoms with E-state index < -0.39 is 6.10 Å². The third-order valence-electron chi connectivity index (χ3n) is 11.2. The first-order valence-electron chi connectivity index (χ1n) is 25.3. The van der Waals surface area contributed by atoms with E-state index in [-0.39, 0.29) is 31.1 Å². The fourth-order valence-electron chi connectivity index (χ4n) is 7.30. The van der Waals surface area contributed by atoms with Crippen molar-refractivity contribution in [1.82, 2.24) is 0 Å². The van der Waals surface area contributed by atoms with Crippen LogP contribution in [0.25, 0.3) is 0 Å². The van der Waals surface area contributed by atoms with Gasteiger partial charge < -0.3 is 14.2 Å². The lowest BCUT2D eigenvalue weighted by atomic mass is 10.1. The molecule has 0 heterocycles. The summed E-state index contributed by atoms with van der Waals surface area (Å²) in [6, 6.07) is 0. The average molecular weight is 817 g/mol. The molecule has 0 radical (unpaired) electrons. The molecule has 0 N–H and O–H groups in total. The lowest BCUT2D eigenvalue weighted by molar-refractivity contribution is -0.167. The molecule has 58 heavy (non-hydrogen) atoms. The molecule has 0 saturated carbocycles. The second kappa shape index (κ2) is 47.6. The van der Waals surface area contributed by atoms with E-state index in [0.717, 1.165) is 70.6 Å². The molecular weight excluding hydrogens is 721 g/mol. The van der Waals surface area contributed by atoms with E-state index in [1.807, 2.05) is 0 Å². The third-order valence-corrected chi connectivity index (χ3v) is 11.2. The average Bonchev–Trinajstić information content (AvgIpc) is 3.22. The highest BCUT2D eigenvalue weighted by atomic mass is 16.6. The first kappa shape index (κ1) is 55.9. The molecule has 0 spiro atoms. The summed E-state index contributed by atoms with van der Waals surface area (Å²) in [7, 11) is 0. The fourth-order valence-corrected chi connectivity index (χ4v) is 7.30. The molecule has 6 nitrogen and oxygen atoms in total. The number of carbonyl (C=O) groups excluding carboxylic acids is 3. The van der Waals surface area contributed by atoms with Gasteiger partial charge in [0.1, 0.15) is 13.2 Å². The van der Waals surface area contributed by atoms with Crippen molar-refractivity contribution in [3.63, 3.8) is 0 Å². The van der Waals surface area contributed by atoms with E-state index in [9.17, 15) is 14.4 Å². The maximum absolute atomic E-state index is 12.7. The molecule has 0 rings (SSSR count). The van der Waals surface area contributed by atoms with E-state index in [4.69, 9.17) is 14.2 Å². The van der Waals surface area contributed by atoms with Crippen LogP contribution < -0.4 is 0 Å². The molecule has 0 amide bonds. The molecule has 0 aliphatic rings. The maximum Gasteiger partial charge on any atom is 0.306 e. The molecule has 0 fully saturated rings. The Hall–Kier alpha value is -2.11. The van der Waals surface area contributed by atoms with Crippen LogP contribution >= 0.6 is 0 Å². The molecule has 0 aliphatic heterocycles. The largest absolute Gasteiger partial charge is 0.462 e. The minimum Gasteiger partial charge on any atom is -0.462 e. The van der Waals surface area contributed by atoms with Gasteiger partial charge in [0, 0.05) is 19.3 Å². The van der Waals surface area contributed by atoms with E-state index in [1.54, 1.807) is 0 Å². The van der Waals surface area contributed by atoms with Gasteiger partial charge in [-0.1, -0.05) is 212 Å². The SMILES string of the molecule is CCCC/C=C\CCCCCCCC(=O)O[C@@H](COC(=O)CCCCCCCCC/C=C\CCCCCCCCCC)COC(=O)CCCCCCCCCCCC. The summed E-state index contributed by atoms with van der Waals surface area (Å²) >= 11 is 0. The Bertz CT molecular complexity index is 942. The van der Waals surface area contributed by atoms with Crippen LogP contribution in [0.1, 0.15) is 271 Å². The van der Waals surface area contributed by atoms with E-state index >= 15 is 0 Å². The molecule has 0 aromatic carbocycles. The first-order valence-corrected chi connectivity index (χ1v) is 25.3. The number of rotatable bonds is 46. The van der Waals surface area contributed by atoms with Gasteiger partial charge in [0.25, 0.3) is 0 Å². The smallest absolute Gasteiger partial charge is 0.306 e. The summed E-state index contributed by atoms with van der Waals surface area (Å²) in [6.07, 6.45) is 53.1. The summed E-state index contributed by atoms with van der Waals surface area (Å²) in [6.45, 7) is 6.59. The van der Waals surface area contributed by atoms with Crippen LogP contribution in [-0.2, 0) is 28.6 Å². The summed E-state index contributed by atoms with van der Waals surface area (Å²) in [5.41, 5.74) is 0. The highest BCUT2D eigenvalue weighted by Crippen LogP contribution is 2.15. The van der Waals surface area contributed by atoms with Gasteiger partial charge in [0.15, 0.2) is 6.10 Å². The Balaban J connectivity index is 4.27. The highest BCUT2D eigenvalue weighted by molar-refractivity contribution is 5.71. The number of carbonyl (C=O) groups is 3. The van der Waals surface area contributed by atoms with Crippen LogP contribution in [0.2, 0.25) is 0 Å². The molecule has 0 saturated heterocycles. The van der Waals surface area contributed by atoms with Crippen LogP contribution in [0.5, 0.6) is 0 Å². The zero-order chi connectivity index (χ0) is 42.3. The predicted molar refractivity (Wildman–Crippen MR) is 247 cm³/mol. The molecule has 340 valence electrons. The van der Waals surface area contributed by atoms with Crippen LogP contribution in [0.15, 0.2) is 24.3 Å². The summed E-state index contributed by atoms with van der Waals surface area (Å²) < 4.78 is 16.7. The number of hydrogen-bond acceptors (Lipinski definition) is 6. The van der Waals surface area contributed by atoms with Crippen LogP contribution in [-0.4, -0.2) is 37.2 Å². The van der Waals surface area contributed by atoms with Gasteiger partial charge in [0.2, 0.25) is 0 Å². The van der Waals surface area contributed by atoms with Gasteiger partial charge in [-0.15, -0.1) is 0 Å². The van der Waals surface area contributed by atoms with E-state index in [2.05, 4.69) is 45.1 Å². The van der Waals surface area contributed by atoms with Gasteiger partial charge in [-0.25, -0.2) is 0 Å². The fraction of sp³-hybridized carbons (Fsp3) is 0.865. The lowest BCUT2D eigenvalue weighted by Crippen LogP contribution is -2.30. The van der Waals surface area contributed by atoms with E-state index in [0.29, 0.717) is 19.3 Å². The topological polar surface area (TPSA) is 78.9 Å². The van der Waals surface area contributed by atoms with Gasteiger partial charge in [-0.3, -0.25) is 14.4 Å². The maximum atomic E-state index is 12.7. The third kappa shape index (κ3) is 45.0. The number of ether oxygens (including phenoxy) is 3. The molecular formula is C52H96O6. The predicted octanol–water partition coefficient (Wildman–Crippen LogP) is 16.4. The molecule has 6 heteroatoms. The number of unbranched alkanes of at least 4 members (excludes halogenated alkanes) is 31. The standard InChI is InChI=1S/C52H96O6/c1-4-7-10-13-16-19-22-23-24-25-26-27-28-29-31-33-36-39-42-45-51(54)57-48-49(47-56-50(53)44-41-38-35-32-21-18-15-12-9-6-3)58-52(55)46-43-40-37-34-30-20-17-14-11-8-5-2/h14,17,25-26,49H,4-13,15-16,18-24,27-48H2,1-3H3/b17-14-,26-25-/t49-/m1/s1. The first-order chi connectivity index (χ1) is 28.5. The van der Waals surface area contributed by atoms with E-state index in [1.165, 1.54) is 161 Å². The molecule has 1 atom stereocenters. The summed E-state index contributed by atoms with van der Waals surface area (Å²) in [5.74, 6) is -0.880. The molecule has 0 bridgehead atoms. The monoisotopic (exact) mass is 817 g/mol. The Labute approximate surface area is 360 Å². The van der Waals surface area contributed by atoms with Gasteiger partial charge in [0.05, 0.1) is 0 Å². The van der Waals surface area contributed by atoms with Crippen LogP contribution in [0.4, 0.5) is 0 Å². The van der Waals surface area contributed by atoms with Crippen molar-refractivity contribution < 1.29 is 28.6 Å². The number of allylic oxidation sites excluding steroid dienone is 4. The zero-order valence-corrected chi connectivity index (χ0v) is 38.8. The zero-order valence-electron chi connectivity index (χ0n) is 38.8. The van der Waals surface area contributed by atoms with Crippen molar-refractivity contribution in [2.75, 3.05) is 13.2 Å². The molecule has 0 aromatic rings. The molecule has 0 aromatic heterocycles. The minimum atomic E-state index is -0.771. The number of esters is 3. The van der Waals surface area contributed by atoms with Crippen LogP contribution in [0, 0.1) is 0 Å². The van der Waals surface area contributed by atoms with Gasteiger partial charge >= 0.3 is 17.9 Å². The summed E-state index contributed by atoms with van der Waals surface area (Å²) in [4.78, 5) is 37.8. The second-order valence-corrected chi connectivity index (χ2v) is 17.1. The number of hydrogen-bond donors (Lipinski definition) is 0. The lowest BCUT2D eigenvalue weighted by Gasteiger charge is -2.18. The van der Waals surface area contributed by atoms with Crippen molar-refractivity contribution in [2.24, 2.45) is 0 Å². The Kier molecular flexibility index (Phi) is 45.8. The Morgan fingerprint density at radius 2 is 0.586 bits per heavy atom. The second-order valence-electron chi connectivity index (χ2n) is 17.1. The van der Waals surface area contributed by atoms with Crippen molar-refractivity contribution in [3.05, 3.63) is 24.3 Å². The Morgan fingerprint density at radius 1 is 0.328 bits per heavy atom. The van der Waals surface area contributed by atoms with Crippen molar-refractivity contribution in [1.29, 1.82) is 0 Å². The van der Waals surface area contributed by atoms with Crippen molar-refractivity contribution in [3.8, 4) is 0 Å². The molecule has 0 aliphatic carbocycles. The normalized spacial score (nSPS) is 12.1. The van der Waals surface area contributed by atoms with Gasteiger partial charge in [-0.2, -0.15) is 0 Å². The minimum absolute atomic E-state index is 0.0730. The molecule has 0 unspecified atom stereocenters. The summed E-state index contributed by atoms with van der Waals surface area (Å²) in [5, 5.41) is 0. The van der Waals surface area contributed by atoms with Crippen molar-refractivity contribution >= 4 is 17.9 Å².